The number of nitrogen functional groups attached to an aromatic ring is 1. The number of benzene rings is 1. The van der Waals surface area contributed by atoms with Crippen molar-refractivity contribution in [3.63, 3.8) is 0 Å². The molecule has 3 rings (SSSR count). The molecule has 1 aromatic carbocycles. The van der Waals surface area contributed by atoms with Crippen molar-refractivity contribution in [1.82, 2.24) is 9.55 Å². The minimum Gasteiger partial charge on any atom is -0.490 e. The van der Waals surface area contributed by atoms with Crippen molar-refractivity contribution >= 4 is 17.0 Å². The van der Waals surface area contributed by atoms with Crippen LogP contribution in [0.25, 0.3) is 11.0 Å². The Balaban J connectivity index is 2.19. The summed E-state index contributed by atoms with van der Waals surface area (Å²) in [6.45, 7) is 5.22. The molecule has 0 fully saturated rings. The molecule has 2 aromatic rings. The lowest BCUT2D eigenvalue weighted by atomic mass is 10.1. The van der Waals surface area contributed by atoms with E-state index in [-0.39, 0.29) is 0 Å². The molecule has 0 saturated heterocycles. The zero-order chi connectivity index (χ0) is 12.7. The first-order chi connectivity index (χ1) is 8.74. The molecule has 0 radical (unpaired) electrons. The summed E-state index contributed by atoms with van der Waals surface area (Å²) in [5, 5.41) is 0. The Hall–Kier alpha value is -1.71. The summed E-state index contributed by atoms with van der Waals surface area (Å²) < 4.78 is 8.05. The highest BCUT2D eigenvalue weighted by molar-refractivity contribution is 5.84. The molecule has 1 aliphatic rings. The van der Waals surface area contributed by atoms with Gasteiger partial charge in [-0.3, -0.25) is 0 Å². The third-order valence-corrected chi connectivity index (χ3v) is 3.63. The third-order valence-electron chi connectivity index (χ3n) is 3.63. The van der Waals surface area contributed by atoms with Crippen molar-refractivity contribution in [3.8, 4) is 5.75 Å². The second-order valence-electron chi connectivity index (χ2n) is 4.88. The molecule has 1 unspecified atom stereocenters. The van der Waals surface area contributed by atoms with Crippen LogP contribution in [0.5, 0.6) is 5.75 Å². The predicted molar refractivity (Wildman–Crippen MR) is 72.8 cm³/mol. The Morgan fingerprint density at radius 3 is 3.00 bits per heavy atom. The van der Waals surface area contributed by atoms with Gasteiger partial charge in [-0.2, -0.15) is 0 Å². The van der Waals surface area contributed by atoms with Crippen LogP contribution in [0.15, 0.2) is 12.1 Å². The highest BCUT2D eigenvalue weighted by Gasteiger charge is 2.26. The number of nitrogens with two attached hydrogens (primary N) is 1. The van der Waals surface area contributed by atoms with Crippen LogP contribution in [-0.4, -0.2) is 15.7 Å². The molecule has 0 saturated carbocycles. The largest absolute Gasteiger partial charge is 0.490 e. The van der Waals surface area contributed by atoms with Gasteiger partial charge < -0.3 is 15.0 Å². The molecule has 1 aliphatic heterocycles. The van der Waals surface area contributed by atoms with E-state index in [9.17, 15) is 0 Å². The SMILES string of the molecule is CCCn1c(N)nc2ccc3c(c21)CC(CC)O3. The number of rotatable bonds is 3. The van der Waals surface area contributed by atoms with Crippen LogP contribution >= 0.6 is 0 Å². The normalized spacial score (nSPS) is 18.0. The van der Waals surface area contributed by atoms with Gasteiger partial charge in [0, 0.05) is 18.5 Å². The number of hydrogen-bond acceptors (Lipinski definition) is 3. The average Bonchev–Trinajstić information content (AvgIpc) is 2.91. The summed E-state index contributed by atoms with van der Waals surface area (Å²) >= 11 is 0. The van der Waals surface area contributed by atoms with Crippen molar-refractivity contribution in [2.45, 2.75) is 45.8 Å². The second kappa shape index (κ2) is 4.19. The summed E-state index contributed by atoms with van der Waals surface area (Å²) in [7, 11) is 0. The predicted octanol–water partition coefficient (Wildman–Crippen LogP) is 2.74. The van der Waals surface area contributed by atoms with Crippen LogP contribution < -0.4 is 10.5 Å². The maximum atomic E-state index is 6.01. The van der Waals surface area contributed by atoms with E-state index >= 15 is 0 Å². The number of imidazole rings is 1. The Bertz CT molecular complexity index is 588. The molecule has 96 valence electrons. The average molecular weight is 245 g/mol. The number of aromatic nitrogens is 2. The quantitative estimate of drug-likeness (QED) is 0.904. The smallest absolute Gasteiger partial charge is 0.201 e. The van der Waals surface area contributed by atoms with Crippen LogP contribution in [0.4, 0.5) is 5.95 Å². The summed E-state index contributed by atoms with van der Waals surface area (Å²) in [4.78, 5) is 4.45. The summed E-state index contributed by atoms with van der Waals surface area (Å²) in [6, 6.07) is 4.03. The molecule has 0 bridgehead atoms. The Morgan fingerprint density at radius 2 is 2.28 bits per heavy atom. The summed E-state index contributed by atoms with van der Waals surface area (Å²) in [6.07, 6.45) is 3.36. The fourth-order valence-corrected chi connectivity index (χ4v) is 2.73. The van der Waals surface area contributed by atoms with Crippen molar-refractivity contribution < 1.29 is 4.74 Å². The first kappa shape index (κ1) is 11.4. The number of ether oxygens (including phenoxy) is 1. The Kier molecular flexibility index (Phi) is 2.65. The van der Waals surface area contributed by atoms with Crippen molar-refractivity contribution in [2.75, 3.05) is 5.73 Å². The van der Waals surface area contributed by atoms with Gasteiger partial charge in [0.25, 0.3) is 0 Å². The van der Waals surface area contributed by atoms with Gasteiger partial charge in [0.2, 0.25) is 5.95 Å². The molecule has 0 spiro atoms. The topological polar surface area (TPSA) is 53.1 Å². The van der Waals surface area contributed by atoms with Gasteiger partial charge in [-0.1, -0.05) is 13.8 Å². The van der Waals surface area contributed by atoms with E-state index in [1.54, 1.807) is 0 Å². The van der Waals surface area contributed by atoms with Crippen molar-refractivity contribution in [1.29, 1.82) is 0 Å². The molecule has 1 atom stereocenters. The first-order valence-electron chi connectivity index (χ1n) is 6.68. The van der Waals surface area contributed by atoms with E-state index in [4.69, 9.17) is 10.5 Å². The van der Waals surface area contributed by atoms with Crippen LogP contribution in [-0.2, 0) is 13.0 Å². The molecule has 4 heteroatoms. The molecule has 18 heavy (non-hydrogen) atoms. The molecule has 4 nitrogen and oxygen atoms in total. The van der Waals surface area contributed by atoms with E-state index in [0.29, 0.717) is 12.1 Å². The number of fused-ring (bicyclic) bond motifs is 3. The van der Waals surface area contributed by atoms with Crippen LogP contribution in [0, 0.1) is 0 Å². The van der Waals surface area contributed by atoms with Gasteiger partial charge >= 0.3 is 0 Å². The Morgan fingerprint density at radius 1 is 1.44 bits per heavy atom. The minimum atomic E-state index is 0.303. The second-order valence-corrected chi connectivity index (χ2v) is 4.88. The number of hydrogen-bond donors (Lipinski definition) is 1. The van der Waals surface area contributed by atoms with E-state index in [2.05, 4.69) is 23.4 Å². The fourth-order valence-electron chi connectivity index (χ4n) is 2.73. The lowest BCUT2D eigenvalue weighted by Gasteiger charge is -2.06. The third kappa shape index (κ3) is 1.55. The van der Waals surface area contributed by atoms with Crippen molar-refractivity contribution in [2.24, 2.45) is 0 Å². The van der Waals surface area contributed by atoms with Gasteiger partial charge in [-0.15, -0.1) is 0 Å². The maximum absolute atomic E-state index is 6.01. The monoisotopic (exact) mass is 245 g/mol. The van der Waals surface area contributed by atoms with Gasteiger partial charge in [-0.05, 0) is 25.0 Å². The molecule has 0 aliphatic carbocycles. The molecule has 1 aromatic heterocycles. The Labute approximate surface area is 107 Å². The fraction of sp³-hybridized carbons (Fsp3) is 0.500. The molecule has 2 heterocycles. The van der Waals surface area contributed by atoms with Crippen LogP contribution in [0.3, 0.4) is 0 Å². The van der Waals surface area contributed by atoms with Gasteiger partial charge in [-0.25, -0.2) is 4.98 Å². The summed E-state index contributed by atoms with van der Waals surface area (Å²) in [5.41, 5.74) is 9.44. The van der Waals surface area contributed by atoms with Crippen molar-refractivity contribution in [3.05, 3.63) is 17.7 Å². The van der Waals surface area contributed by atoms with E-state index in [1.165, 1.54) is 11.1 Å². The lowest BCUT2D eigenvalue weighted by molar-refractivity contribution is 0.228. The zero-order valence-electron chi connectivity index (χ0n) is 10.9. The molecule has 0 amide bonds. The molecule has 2 N–H and O–H groups in total. The zero-order valence-corrected chi connectivity index (χ0v) is 10.9. The first-order valence-corrected chi connectivity index (χ1v) is 6.68. The van der Waals surface area contributed by atoms with Crippen LogP contribution in [0.1, 0.15) is 32.3 Å². The van der Waals surface area contributed by atoms with Gasteiger partial charge in [0.15, 0.2) is 0 Å². The number of nitrogens with zero attached hydrogens (tertiary/aromatic N) is 2. The highest BCUT2D eigenvalue weighted by Crippen LogP contribution is 2.36. The molecular weight excluding hydrogens is 226 g/mol. The van der Waals surface area contributed by atoms with Gasteiger partial charge in [0.1, 0.15) is 11.9 Å². The molecular formula is C14H19N3O. The lowest BCUT2D eigenvalue weighted by Crippen LogP contribution is -2.10. The van der Waals surface area contributed by atoms with Gasteiger partial charge in [0.05, 0.1) is 11.0 Å². The van der Waals surface area contributed by atoms with E-state index in [1.807, 2.05) is 12.1 Å². The highest BCUT2D eigenvalue weighted by atomic mass is 16.5. The number of anilines is 1. The van der Waals surface area contributed by atoms with Crippen LogP contribution in [0.2, 0.25) is 0 Å². The summed E-state index contributed by atoms with van der Waals surface area (Å²) in [5.74, 6) is 1.62. The van der Waals surface area contributed by atoms with E-state index in [0.717, 1.165) is 37.1 Å². The standard InChI is InChI=1S/C14H19N3O/c1-3-7-17-13-10-8-9(4-2)18-12(10)6-5-11(13)16-14(17)15/h5-6,9H,3-4,7-8H2,1-2H3,(H2,15,16). The van der Waals surface area contributed by atoms with E-state index < -0.39 is 0 Å². The minimum absolute atomic E-state index is 0.303. The number of aryl methyl sites for hydroxylation is 1. The maximum Gasteiger partial charge on any atom is 0.201 e.